The number of ether oxygens (including phenoxy) is 3. The van der Waals surface area contributed by atoms with E-state index in [1.807, 2.05) is 48.5 Å². The number of hydrogen-bond donors (Lipinski definition) is 0. The minimum absolute atomic E-state index is 0.298. The first kappa shape index (κ1) is 27.1. The van der Waals surface area contributed by atoms with Crippen molar-refractivity contribution in [1.82, 2.24) is 4.90 Å². The van der Waals surface area contributed by atoms with Crippen LogP contribution in [0.1, 0.15) is 31.7 Å². The van der Waals surface area contributed by atoms with E-state index in [1.165, 1.54) is 31.6 Å². The van der Waals surface area contributed by atoms with E-state index in [4.69, 9.17) is 14.2 Å². The minimum Gasteiger partial charge on any atom is -0.492 e. The molecule has 7 nitrogen and oxygen atoms in total. The number of likely N-dealkylation sites (tertiary alicyclic amines) is 1. The number of carbonyl (C=O) groups excluding carboxylic acids is 1. The predicted octanol–water partition coefficient (Wildman–Crippen LogP) is 6.85. The fourth-order valence-electron chi connectivity index (χ4n) is 5.38. The molecule has 2 aliphatic heterocycles. The maximum absolute atomic E-state index is 12.3. The van der Waals surface area contributed by atoms with Crippen molar-refractivity contribution in [1.29, 1.82) is 0 Å². The first-order valence-corrected chi connectivity index (χ1v) is 15.4. The van der Waals surface area contributed by atoms with E-state index in [0.29, 0.717) is 34.3 Å². The van der Waals surface area contributed by atoms with E-state index in [2.05, 4.69) is 4.90 Å². The number of benzene rings is 4. The number of rotatable bonds is 8. The maximum Gasteiger partial charge on any atom is 0.308 e. The Morgan fingerprint density at radius 2 is 1.61 bits per heavy atom. The quantitative estimate of drug-likeness (QED) is 0.170. The summed E-state index contributed by atoms with van der Waals surface area (Å²) < 4.78 is 42.4. The summed E-state index contributed by atoms with van der Waals surface area (Å²) in [7, 11) is -3.40. The fourth-order valence-corrected chi connectivity index (χ4v) is 6.57. The van der Waals surface area contributed by atoms with Gasteiger partial charge in [-0.25, -0.2) is 8.42 Å². The summed E-state index contributed by atoms with van der Waals surface area (Å²) in [5.41, 5.74) is 2.27. The van der Waals surface area contributed by atoms with Crippen molar-refractivity contribution in [3.8, 4) is 34.1 Å². The highest BCUT2D eigenvalue weighted by Gasteiger charge is 2.22. The molecule has 1 saturated heterocycles. The summed E-state index contributed by atoms with van der Waals surface area (Å²) in [6, 6.07) is 22.1. The second kappa shape index (κ2) is 11.4. The number of piperidine rings is 1. The number of esters is 1. The van der Waals surface area contributed by atoms with E-state index in [9.17, 15) is 13.2 Å². The van der Waals surface area contributed by atoms with Gasteiger partial charge < -0.3 is 14.2 Å². The smallest absolute Gasteiger partial charge is 0.308 e. The van der Waals surface area contributed by atoms with E-state index < -0.39 is 15.8 Å². The Labute approximate surface area is 239 Å². The summed E-state index contributed by atoms with van der Waals surface area (Å²) >= 11 is 0. The van der Waals surface area contributed by atoms with Gasteiger partial charge in [0.25, 0.3) is 0 Å². The Morgan fingerprint density at radius 1 is 0.854 bits per heavy atom. The lowest BCUT2D eigenvalue weighted by Gasteiger charge is -2.26. The monoisotopic (exact) mass is 569 g/mol. The molecule has 4 aromatic rings. The highest BCUT2D eigenvalue weighted by atomic mass is 32.2. The Bertz CT molecular complexity index is 1740. The third-order valence-corrected chi connectivity index (χ3v) is 8.91. The molecule has 0 spiro atoms. The zero-order chi connectivity index (χ0) is 28.4. The lowest BCUT2D eigenvalue weighted by molar-refractivity contribution is -0.131. The van der Waals surface area contributed by atoms with Crippen LogP contribution in [0.3, 0.4) is 0 Å². The molecule has 1 fully saturated rings. The Morgan fingerprint density at radius 3 is 2.39 bits per heavy atom. The van der Waals surface area contributed by atoms with Crippen LogP contribution >= 0.6 is 0 Å². The summed E-state index contributed by atoms with van der Waals surface area (Å²) in [6.45, 7) is 5.21. The first-order chi connectivity index (χ1) is 19.9. The average Bonchev–Trinajstić information content (AvgIpc) is 3.28. The van der Waals surface area contributed by atoms with Crippen molar-refractivity contribution in [2.45, 2.75) is 31.1 Å². The average molecular weight is 570 g/mol. The lowest BCUT2D eigenvalue weighted by Crippen LogP contribution is -2.33. The summed E-state index contributed by atoms with van der Waals surface area (Å²) in [4.78, 5) is 14.2. The van der Waals surface area contributed by atoms with Gasteiger partial charge in [-0.3, -0.25) is 9.69 Å². The molecule has 41 heavy (non-hydrogen) atoms. The van der Waals surface area contributed by atoms with E-state index in [0.717, 1.165) is 47.3 Å². The third kappa shape index (κ3) is 5.99. The number of fused-ring (bicyclic) bond motifs is 2. The van der Waals surface area contributed by atoms with Crippen molar-refractivity contribution < 1.29 is 27.4 Å². The first-order valence-electron chi connectivity index (χ1n) is 13.8. The van der Waals surface area contributed by atoms with Gasteiger partial charge in [0.15, 0.2) is 9.84 Å². The molecule has 0 aliphatic carbocycles. The number of nitrogens with zero attached hydrogens (tertiary/aromatic N) is 1. The van der Waals surface area contributed by atoms with Crippen LogP contribution in [0, 0.1) is 0 Å². The molecule has 6 rings (SSSR count). The molecule has 8 heteroatoms. The highest BCUT2D eigenvalue weighted by Crippen LogP contribution is 2.42. The van der Waals surface area contributed by atoms with Gasteiger partial charge in [0.1, 0.15) is 29.6 Å². The third-order valence-electron chi connectivity index (χ3n) is 7.43. The standard InChI is InChI=1S/C33H31NO6S/c1-23(35)39-29-11-13-31-25(22-29)5-12-30(24-6-14-32-26(21-24)15-20-41(32,36)37)33(31)40-28-9-7-27(8-10-28)38-19-18-34-16-3-2-4-17-34/h5-15,20-22H,2-4,16-19H2,1H3. The van der Waals surface area contributed by atoms with Gasteiger partial charge in [-0.1, -0.05) is 18.6 Å². The Kier molecular flexibility index (Phi) is 7.51. The number of hydrogen-bond acceptors (Lipinski definition) is 7. The molecule has 0 unspecified atom stereocenters. The highest BCUT2D eigenvalue weighted by molar-refractivity contribution is 7.94. The van der Waals surface area contributed by atoms with Crippen molar-refractivity contribution in [2.24, 2.45) is 0 Å². The van der Waals surface area contributed by atoms with Crippen LogP contribution in [-0.4, -0.2) is 45.5 Å². The molecule has 210 valence electrons. The molecule has 0 N–H and O–H groups in total. The molecule has 4 aromatic carbocycles. The minimum atomic E-state index is -3.40. The Balaban J connectivity index is 1.30. The fraction of sp³-hybridized carbons (Fsp3) is 0.242. The van der Waals surface area contributed by atoms with Crippen molar-refractivity contribution in [2.75, 3.05) is 26.2 Å². The molecule has 0 saturated carbocycles. The lowest BCUT2D eigenvalue weighted by atomic mass is 9.98. The molecule has 2 heterocycles. The van der Waals surface area contributed by atoms with Crippen molar-refractivity contribution >= 4 is 32.7 Å². The van der Waals surface area contributed by atoms with E-state index in [-0.39, 0.29) is 0 Å². The molecular formula is C33H31NO6S. The van der Waals surface area contributed by atoms with Crippen LogP contribution in [0.4, 0.5) is 0 Å². The van der Waals surface area contributed by atoms with Gasteiger partial charge >= 0.3 is 5.97 Å². The van der Waals surface area contributed by atoms with E-state index >= 15 is 0 Å². The second-order valence-corrected chi connectivity index (χ2v) is 12.1. The van der Waals surface area contributed by atoms with Gasteiger partial charge in [-0.05, 0) is 109 Å². The van der Waals surface area contributed by atoms with E-state index in [1.54, 1.807) is 30.3 Å². The SMILES string of the molecule is CC(=O)Oc1ccc2c(Oc3ccc(OCCN4CCCCC4)cc3)c(-c3ccc4c(c3)C=CS4(=O)=O)ccc2c1. The largest absolute Gasteiger partial charge is 0.492 e. The molecule has 0 atom stereocenters. The Hall–Kier alpha value is -4.14. The molecule has 0 bridgehead atoms. The predicted molar refractivity (Wildman–Crippen MR) is 159 cm³/mol. The maximum atomic E-state index is 12.3. The number of carbonyl (C=O) groups is 1. The van der Waals surface area contributed by atoms with Crippen LogP contribution < -0.4 is 14.2 Å². The second-order valence-electron chi connectivity index (χ2n) is 10.3. The van der Waals surface area contributed by atoms with Crippen LogP contribution in [0.5, 0.6) is 23.0 Å². The van der Waals surface area contributed by atoms with Gasteiger partial charge in [-0.15, -0.1) is 0 Å². The molecule has 0 aromatic heterocycles. The van der Waals surface area contributed by atoms with Gasteiger partial charge in [0.05, 0.1) is 4.90 Å². The summed E-state index contributed by atoms with van der Waals surface area (Å²) in [6.07, 6.45) is 5.45. The van der Waals surface area contributed by atoms with Gasteiger partial charge in [0, 0.05) is 29.8 Å². The van der Waals surface area contributed by atoms with Gasteiger partial charge in [0.2, 0.25) is 0 Å². The normalized spacial score (nSPS) is 15.9. The molecule has 0 amide bonds. The summed E-state index contributed by atoms with van der Waals surface area (Å²) in [5.74, 6) is 2.08. The van der Waals surface area contributed by atoms with Gasteiger partial charge in [-0.2, -0.15) is 0 Å². The topological polar surface area (TPSA) is 82.1 Å². The summed E-state index contributed by atoms with van der Waals surface area (Å²) in [5, 5.41) is 2.89. The zero-order valence-corrected chi connectivity index (χ0v) is 23.7. The molecule has 2 aliphatic rings. The molecule has 0 radical (unpaired) electrons. The van der Waals surface area contributed by atoms with Crippen LogP contribution in [0.2, 0.25) is 0 Å². The zero-order valence-electron chi connectivity index (χ0n) is 22.8. The molecular weight excluding hydrogens is 538 g/mol. The van der Waals surface area contributed by atoms with Crippen LogP contribution in [-0.2, 0) is 14.6 Å². The van der Waals surface area contributed by atoms with Crippen LogP contribution in [0.25, 0.3) is 28.0 Å². The number of sulfone groups is 1. The van der Waals surface area contributed by atoms with Crippen molar-refractivity contribution in [3.63, 3.8) is 0 Å². The van der Waals surface area contributed by atoms with Crippen LogP contribution in [0.15, 0.2) is 83.1 Å². The van der Waals surface area contributed by atoms with Crippen molar-refractivity contribution in [3.05, 3.63) is 83.8 Å².